The molecule has 4 rings (SSSR count). The molecule has 1 amide bonds. The summed E-state index contributed by atoms with van der Waals surface area (Å²) in [6.45, 7) is 3.04. The van der Waals surface area contributed by atoms with E-state index < -0.39 is 0 Å². The third-order valence-electron chi connectivity index (χ3n) is 5.28. The fourth-order valence-corrected chi connectivity index (χ4v) is 3.91. The molecule has 8 nitrogen and oxygen atoms in total. The van der Waals surface area contributed by atoms with E-state index >= 15 is 0 Å². The van der Waals surface area contributed by atoms with Crippen LogP contribution in [0.4, 0.5) is 5.82 Å². The molecule has 0 radical (unpaired) electrons. The average Bonchev–Trinajstić information content (AvgIpc) is 3.41. The minimum absolute atomic E-state index is 0.00782. The van der Waals surface area contributed by atoms with Crippen molar-refractivity contribution in [1.82, 2.24) is 24.9 Å². The number of nitrogens with zero attached hydrogens (tertiary/aromatic N) is 6. The molecule has 2 fully saturated rings. The molecule has 2 aromatic rings. The molecule has 2 atom stereocenters. The van der Waals surface area contributed by atoms with Crippen LogP contribution in [0.15, 0.2) is 24.5 Å². The molecule has 2 saturated heterocycles. The van der Waals surface area contributed by atoms with Crippen LogP contribution in [-0.2, 0) is 11.8 Å². The first kappa shape index (κ1) is 17.0. The number of likely N-dealkylation sites (tertiary alicyclic amines) is 1. The van der Waals surface area contributed by atoms with Gasteiger partial charge in [0.15, 0.2) is 0 Å². The van der Waals surface area contributed by atoms with Crippen LogP contribution in [0.25, 0.3) is 0 Å². The first-order chi connectivity index (χ1) is 12.7. The molecular weight excluding hydrogens is 332 g/mol. The second-order valence-electron chi connectivity index (χ2n) is 6.98. The molecule has 138 valence electrons. The Hall–Kier alpha value is -2.48. The second-order valence-corrected chi connectivity index (χ2v) is 6.98. The van der Waals surface area contributed by atoms with Crippen LogP contribution in [0.3, 0.4) is 0 Å². The van der Waals surface area contributed by atoms with Gasteiger partial charge < -0.3 is 14.5 Å². The Kier molecular flexibility index (Phi) is 4.58. The van der Waals surface area contributed by atoms with Crippen molar-refractivity contribution < 1.29 is 9.53 Å². The number of ether oxygens (including phenoxy) is 1. The van der Waals surface area contributed by atoms with Gasteiger partial charge in [-0.15, -0.1) is 5.10 Å². The van der Waals surface area contributed by atoms with E-state index in [0.717, 1.165) is 37.4 Å². The van der Waals surface area contributed by atoms with Crippen LogP contribution in [-0.4, -0.2) is 70.2 Å². The van der Waals surface area contributed by atoms with Gasteiger partial charge in [-0.25, -0.2) is 4.98 Å². The van der Waals surface area contributed by atoms with Crippen molar-refractivity contribution in [2.24, 2.45) is 7.05 Å². The van der Waals surface area contributed by atoms with Gasteiger partial charge in [-0.3, -0.25) is 9.48 Å². The fraction of sp³-hybridized carbons (Fsp3) is 0.556. The third-order valence-corrected chi connectivity index (χ3v) is 5.28. The monoisotopic (exact) mass is 356 g/mol. The van der Waals surface area contributed by atoms with Crippen LogP contribution in [0.2, 0.25) is 0 Å². The molecule has 0 spiro atoms. The van der Waals surface area contributed by atoms with Crippen molar-refractivity contribution in [3.63, 3.8) is 0 Å². The highest BCUT2D eigenvalue weighted by molar-refractivity contribution is 5.99. The summed E-state index contributed by atoms with van der Waals surface area (Å²) in [5, 5.41) is 8.23. The van der Waals surface area contributed by atoms with Gasteiger partial charge in [0.25, 0.3) is 5.91 Å². The summed E-state index contributed by atoms with van der Waals surface area (Å²) >= 11 is 0. The van der Waals surface area contributed by atoms with Crippen LogP contribution in [0.1, 0.15) is 34.8 Å². The van der Waals surface area contributed by atoms with Crippen molar-refractivity contribution in [3.8, 4) is 0 Å². The predicted octanol–water partition coefficient (Wildman–Crippen LogP) is 1.06. The molecule has 0 N–H and O–H groups in total. The first-order valence-corrected chi connectivity index (χ1v) is 9.05. The van der Waals surface area contributed by atoms with Gasteiger partial charge in [0.2, 0.25) is 0 Å². The van der Waals surface area contributed by atoms with E-state index in [-0.39, 0.29) is 17.9 Å². The lowest BCUT2D eigenvalue weighted by atomic mass is 10.0. The molecule has 4 heterocycles. The third kappa shape index (κ3) is 3.05. The number of carbonyl (C=O) groups excluding carboxylic acids is 1. The molecule has 2 aliphatic heterocycles. The summed E-state index contributed by atoms with van der Waals surface area (Å²) in [5.41, 5.74) is 1.53. The first-order valence-electron chi connectivity index (χ1n) is 9.05. The molecule has 0 aliphatic carbocycles. The highest BCUT2D eigenvalue weighted by Gasteiger charge is 2.39. The molecule has 2 aromatic heterocycles. The Bertz CT molecular complexity index is 785. The molecule has 0 saturated carbocycles. The van der Waals surface area contributed by atoms with E-state index in [0.29, 0.717) is 18.7 Å². The summed E-state index contributed by atoms with van der Waals surface area (Å²) in [6, 6.07) is 3.71. The van der Waals surface area contributed by atoms with Gasteiger partial charge in [0.1, 0.15) is 5.82 Å². The molecule has 8 heteroatoms. The zero-order valence-electron chi connectivity index (χ0n) is 15.2. The Morgan fingerprint density at radius 2 is 2.08 bits per heavy atom. The lowest BCUT2D eigenvalue weighted by Gasteiger charge is -2.22. The quantitative estimate of drug-likeness (QED) is 0.815. The van der Waals surface area contributed by atoms with E-state index in [1.165, 1.54) is 0 Å². The summed E-state index contributed by atoms with van der Waals surface area (Å²) < 4.78 is 7.32. The van der Waals surface area contributed by atoms with E-state index in [1.54, 1.807) is 18.0 Å². The summed E-state index contributed by atoms with van der Waals surface area (Å²) in [6.07, 6.45) is 5.87. The molecule has 0 unspecified atom stereocenters. The zero-order chi connectivity index (χ0) is 18.1. The van der Waals surface area contributed by atoms with Crippen LogP contribution in [0.5, 0.6) is 0 Å². The van der Waals surface area contributed by atoms with E-state index in [2.05, 4.69) is 20.2 Å². The number of hydrogen-bond acceptors (Lipinski definition) is 6. The Morgan fingerprint density at radius 3 is 2.77 bits per heavy atom. The largest absolute Gasteiger partial charge is 0.379 e. The Labute approximate surface area is 152 Å². The molecule has 0 aromatic carbocycles. The van der Waals surface area contributed by atoms with Gasteiger partial charge in [-0.05, 0) is 25.0 Å². The smallest absolute Gasteiger partial charge is 0.257 e. The topological polar surface area (TPSA) is 76.4 Å². The molecule has 0 bridgehead atoms. The minimum atomic E-state index is -0.0810. The lowest BCUT2D eigenvalue weighted by Crippen LogP contribution is -2.32. The lowest BCUT2D eigenvalue weighted by molar-refractivity contribution is 0.0714. The van der Waals surface area contributed by atoms with E-state index in [4.69, 9.17) is 4.74 Å². The average molecular weight is 356 g/mol. The summed E-state index contributed by atoms with van der Waals surface area (Å²) in [7, 11) is 3.52. The summed E-state index contributed by atoms with van der Waals surface area (Å²) in [4.78, 5) is 21.8. The highest BCUT2D eigenvalue weighted by atomic mass is 16.5. The molecule has 26 heavy (non-hydrogen) atoms. The minimum Gasteiger partial charge on any atom is -0.379 e. The maximum Gasteiger partial charge on any atom is 0.257 e. The van der Waals surface area contributed by atoms with E-state index in [9.17, 15) is 4.79 Å². The van der Waals surface area contributed by atoms with E-state index in [1.807, 2.05) is 30.3 Å². The van der Waals surface area contributed by atoms with Gasteiger partial charge >= 0.3 is 0 Å². The number of amides is 1. The molecule has 2 aliphatic rings. The second kappa shape index (κ2) is 7.03. The predicted molar refractivity (Wildman–Crippen MR) is 96.1 cm³/mol. The standard InChI is InChI=1S/C18H24N6O2/c1-22-11-15(20-21-22)14-10-24(12-16(14)26-2)18(25)13-6-5-7-19-17(13)23-8-3-4-9-23/h5-7,11,14,16H,3-4,8-10,12H2,1-2H3/t14-,16+/m0/s1. The van der Waals surface area contributed by atoms with Gasteiger partial charge in [0.05, 0.1) is 23.3 Å². The number of pyridine rings is 1. The SMILES string of the molecule is CO[C@@H]1CN(C(=O)c2cccnc2N2CCCC2)C[C@H]1c1cn(C)nn1. The van der Waals surface area contributed by atoms with Crippen molar-refractivity contribution in [3.05, 3.63) is 35.8 Å². The zero-order valence-corrected chi connectivity index (χ0v) is 15.2. The normalized spacial score (nSPS) is 23.0. The van der Waals surface area contributed by atoms with Crippen molar-refractivity contribution in [1.29, 1.82) is 0 Å². The Balaban J connectivity index is 1.57. The number of aromatic nitrogens is 4. The number of rotatable bonds is 4. The highest BCUT2D eigenvalue weighted by Crippen LogP contribution is 2.31. The number of hydrogen-bond donors (Lipinski definition) is 0. The van der Waals surface area contributed by atoms with Gasteiger partial charge in [0, 0.05) is 52.7 Å². The summed E-state index contributed by atoms with van der Waals surface area (Å²) in [5.74, 6) is 0.838. The van der Waals surface area contributed by atoms with Gasteiger partial charge in [-0.2, -0.15) is 0 Å². The van der Waals surface area contributed by atoms with Crippen LogP contribution < -0.4 is 4.90 Å². The number of methoxy groups -OCH3 is 1. The van der Waals surface area contributed by atoms with Crippen molar-refractivity contribution in [2.75, 3.05) is 38.2 Å². The fourth-order valence-electron chi connectivity index (χ4n) is 3.91. The number of aryl methyl sites for hydroxylation is 1. The maximum atomic E-state index is 13.2. The van der Waals surface area contributed by atoms with Crippen LogP contribution >= 0.6 is 0 Å². The van der Waals surface area contributed by atoms with Gasteiger partial charge in [-0.1, -0.05) is 5.21 Å². The van der Waals surface area contributed by atoms with Crippen molar-refractivity contribution >= 4 is 11.7 Å². The van der Waals surface area contributed by atoms with Crippen molar-refractivity contribution in [2.45, 2.75) is 24.9 Å². The molecular formula is C18H24N6O2. The van der Waals surface area contributed by atoms with Crippen LogP contribution in [0, 0.1) is 0 Å². The number of anilines is 1. The maximum absolute atomic E-state index is 13.2. The number of carbonyl (C=O) groups is 1. The Morgan fingerprint density at radius 1 is 1.27 bits per heavy atom.